The van der Waals surface area contributed by atoms with Crippen molar-refractivity contribution in [3.8, 4) is 0 Å². The summed E-state index contributed by atoms with van der Waals surface area (Å²) in [6, 6.07) is 17.5. The number of rotatable bonds is 11. The Kier molecular flexibility index (Phi) is 9.64. The number of aromatic nitrogens is 1. The number of hydrogen-bond donors (Lipinski definition) is 4. The van der Waals surface area contributed by atoms with E-state index in [4.69, 9.17) is 17.5 Å². The van der Waals surface area contributed by atoms with Crippen LogP contribution in [-0.2, 0) is 20.8 Å². The number of halogens is 1. The van der Waals surface area contributed by atoms with Gasteiger partial charge in [0.2, 0.25) is 17.7 Å². The molecule has 0 spiro atoms. The van der Waals surface area contributed by atoms with Crippen molar-refractivity contribution in [3.05, 3.63) is 72.4 Å². The van der Waals surface area contributed by atoms with Gasteiger partial charge in [-0.05, 0) is 55.2 Å². The number of fused-ring (bicyclic) bond motifs is 1. The SMILES string of the molecule is NC1CCN(C(=O)CCC(NCl)C(=O)NC(CCc2ccccc2)C(=O)Nc2cnc3ccccc3c2)C1. The van der Waals surface area contributed by atoms with E-state index in [1.165, 1.54) is 0 Å². The number of likely N-dealkylation sites (tertiary alicyclic amines) is 1. The molecule has 200 valence electrons. The molecule has 3 aromatic rings. The molecule has 1 fully saturated rings. The van der Waals surface area contributed by atoms with Gasteiger partial charge >= 0.3 is 0 Å². The Labute approximate surface area is 227 Å². The lowest BCUT2D eigenvalue weighted by molar-refractivity contribution is -0.131. The third kappa shape index (κ3) is 7.50. The van der Waals surface area contributed by atoms with E-state index in [0.717, 1.165) is 22.9 Å². The van der Waals surface area contributed by atoms with Gasteiger partial charge in [-0.15, -0.1) is 0 Å². The molecule has 4 rings (SSSR count). The van der Waals surface area contributed by atoms with Gasteiger partial charge in [-0.2, -0.15) is 0 Å². The summed E-state index contributed by atoms with van der Waals surface area (Å²) in [5.74, 6) is -0.873. The van der Waals surface area contributed by atoms with Gasteiger partial charge in [0.1, 0.15) is 12.1 Å². The third-order valence-electron chi connectivity index (χ3n) is 6.73. The first-order valence-corrected chi connectivity index (χ1v) is 13.2. The number of nitrogens with one attached hydrogen (secondary N) is 3. The predicted octanol–water partition coefficient (Wildman–Crippen LogP) is 2.74. The van der Waals surface area contributed by atoms with Gasteiger partial charge in [0.15, 0.2) is 0 Å². The number of aryl methyl sites for hydroxylation is 1. The Hall–Kier alpha value is -3.53. The maximum absolute atomic E-state index is 13.3. The van der Waals surface area contributed by atoms with Crippen molar-refractivity contribution in [2.75, 3.05) is 18.4 Å². The minimum Gasteiger partial charge on any atom is -0.343 e. The molecule has 9 nitrogen and oxygen atoms in total. The first kappa shape index (κ1) is 27.5. The van der Waals surface area contributed by atoms with Crippen molar-refractivity contribution in [3.63, 3.8) is 0 Å². The van der Waals surface area contributed by atoms with Gasteiger partial charge in [0.05, 0.1) is 17.4 Å². The van der Waals surface area contributed by atoms with Crippen molar-refractivity contribution in [2.45, 2.75) is 50.2 Å². The van der Waals surface area contributed by atoms with E-state index in [-0.39, 0.29) is 30.7 Å². The number of amides is 3. The standard InChI is InChI=1S/C28H33ClN6O3/c29-34-25(12-13-26(36)35-15-14-21(30)18-35)28(38)33-24(11-10-19-6-2-1-3-7-19)27(37)32-22-16-20-8-4-5-9-23(20)31-17-22/h1-9,16-17,21,24-25,34H,10-15,18,30H2,(H,32,37)(H,33,38). The van der Waals surface area contributed by atoms with Crippen molar-refractivity contribution in [2.24, 2.45) is 5.73 Å². The highest BCUT2D eigenvalue weighted by atomic mass is 35.5. The number of nitrogens with zero attached hydrogens (tertiary/aromatic N) is 2. The molecule has 0 radical (unpaired) electrons. The van der Waals surface area contributed by atoms with Crippen molar-refractivity contribution >= 4 is 46.1 Å². The third-order valence-corrected chi connectivity index (χ3v) is 6.99. The summed E-state index contributed by atoms with van der Waals surface area (Å²) < 4.78 is 0. The molecule has 38 heavy (non-hydrogen) atoms. The average Bonchev–Trinajstić information content (AvgIpc) is 3.38. The van der Waals surface area contributed by atoms with Crippen molar-refractivity contribution < 1.29 is 14.4 Å². The van der Waals surface area contributed by atoms with Gasteiger partial charge in [-0.3, -0.25) is 19.4 Å². The molecular formula is C28H33ClN6O3. The minimum absolute atomic E-state index is 0.00844. The Morgan fingerprint density at radius 1 is 1.03 bits per heavy atom. The number of hydrogen-bond acceptors (Lipinski definition) is 6. The van der Waals surface area contributed by atoms with Gasteiger partial charge in [-0.1, -0.05) is 48.5 Å². The van der Waals surface area contributed by atoms with Crippen LogP contribution in [0, 0.1) is 0 Å². The van der Waals surface area contributed by atoms with Crippen LogP contribution in [0.5, 0.6) is 0 Å². The fourth-order valence-corrected chi connectivity index (χ4v) is 4.75. The van der Waals surface area contributed by atoms with E-state index in [1.807, 2.05) is 60.7 Å². The van der Waals surface area contributed by atoms with Gasteiger partial charge < -0.3 is 21.3 Å². The smallest absolute Gasteiger partial charge is 0.247 e. The van der Waals surface area contributed by atoms with Crippen molar-refractivity contribution in [1.82, 2.24) is 20.0 Å². The first-order valence-electron chi connectivity index (χ1n) is 12.8. The van der Waals surface area contributed by atoms with E-state index in [1.54, 1.807) is 11.1 Å². The number of para-hydroxylation sites is 1. The molecule has 0 saturated carbocycles. The fraction of sp³-hybridized carbons (Fsp3) is 0.357. The predicted molar refractivity (Wildman–Crippen MR) is 148 cm³/mol. The zero-order valence-corrected chi connectivity index (χ0v) is 21.9. The molecule has 3 atom stereocenters. The van der Waals surface area contributed by atoms with E-state index < -0.39 is 18.0 Å². The number of pyridine rings is 1. The number of nitrogens with two attached hydrogens (primary N) is 1. The van der Waals surface area contributed by atoms with Gasteiger partial charge in [0, 0.05) is 30.9 Å². The Balaban J connectivity index is 1.41. The van der Waals surface area contributed by atoms with Crippen LogP contribution in [0.3, 0.4) is 0 Å². The lowest BCUT2D eigenvalue weighted by Gasteiger charge is -2.22. The van der Waals surface area contributed by atoms with Crippen LogP contribution in [0.1, 0.15) is 31.2 Å². The quantitative estimate of drug-likeness (QED) is 0.279. The summed E-state index contributed by atoms with van der Waals surface area (Å²) in [5, 5.41) is 6.61. The molecule has 0 bridgehead atoms. The van der Waals surface area contributed by atoms with Crippen LogP contribution in [0.15, 0.2) is 66.9 Å². The summed E-state index contributed by atoms with van der Waals surface area (Å²) in [5.41, 5.74) is 8.30. The summed E-state index contributed by atoms with van der Waals surface area (Å²) in [6.45, 7) is 1.14. The summed E-state index contributed by atoms with van der Waals surface area (Å²) in [6.07, 6.45) is 3.67. The van der Waals surface area contributed by atoms with Crippen molar-refractivity contribution in [1.29, 1.82) is 0 Å². The lowest BCUT2D eigenvalue weighted by Crippen LogP contribution is -2.50. The number of anilines is 1. The molecule has 1 aromatic heterocycles. The molecule has 3 unspecified atom stereocenters. The molecule has 2 aromatic carbocycles. The second-order valence-electron chi connectivity index (χ2n) is 9.58. The van der Waals surface area contributed by atoms with Gasteiger partial charge in [0.25, 0.3) is 0 Å². The molecule has 10 heteroatoms. The second kappa shape index (κ2) is 13.3. The fourth-order valence-electron chi connectivity index (χ4n) is 4.54. The van der Waals surface area contributed by atoms with E-state index in [0.29, 0.717) is 31.6 Å². The van der Waals surface area contributed by atoms with Gasteiger partial charge in [-0.25, -0.2) is 4.84 Å². The van der Waals surface area contributed by atoms with Crippen LogP contribution < -0.4 is 21.2 Å². The van der Waals surface area contributed by atoms with E-state index in [9.17, 15) is 14.4 Å². The molecule has 2 heterocycles. The second-order valence-corrected chi connectivity index (χ2v) is 9.80. The highest BCUT2D eigenvalue weighted by molar-refractivity contribution is 6.15. The largest absolute Gasteiger partial charge is 0.343 e. The summed E-state index contributed by atoms with van der Waals surface area (Å²) >= 11 is 5.89. The monoisotopic (exact) mass is 536 g/mol. The molecule has 3 amide bonds. The average molecular weight is 537 g/mol. The normalized spacial score (nSPS) is 16.7. The summed E-state index contributed by atoms with van der Waals surface area (Å²) in [7, 11) is 0. The molecule has 5 N–H and O–H groups in total. The number of carbonyl (C=O) groups excluding carboxylic acids is 3. The molecule has 1 saturated heterocycles. The highest BCUT2D eigenvalue weighted by Crippen LogP contribution is 2.17. The van der Waals surface area contributed by atoms with Crippen LogP contribution in [0.2, 0.25) is 0 Å². The van der Waals surface area contributed by atoms with Crippen LogP contribution in [0.4, 0.5) is 5.69 Å². The molecular weight excluding hydrogens is 504 g/mol. The lowest BCUT2D eigenvalue weighted by atomic mass is 10.0. The van der Waals surface area contributed by atoms with E-state index in [2.05, 4.69) is 20.5 Å². The zero-order valence-electron chi connectivity index (χ0n) is 21.1. The van der Waals surface area contributed by atoms with E-state index >= 15 is 0 Å². The topological polar surface area (TPSA) is 129 Å². The molecule has 1 aliphatic rings. The molecule has 1 aliphatic heterocycles. The van der Waals surface area contributed by atoms with Crippen LogP contribution >= 0.6 is 11.8 Å². The van der Waals surface area contributed by atoms with Crippen LogP contribution in [-0.4, -0.2) is 58.8 Å². The first-order chi connectivity index (χ1) is 18.4. The summed E-state index contributed by atoms with van der Waals surface area (Å²) in [4.78, 5) is 47.5. The zero-order chi connectivity index (χ0) is 26.9. The maximum Gasteiger partial charge on any atom is 0.247 e. The number of benzene rings is 2. The Bertz CT molecular complexity index is 1260. The van der Waals surface area contributed by atoms with Crippen LogP contribution in [0.25, 0.3) is 10.9 Å². The Morgan fingerprint density at radius 3 is 2.53 bits per heavy atom. The maximum atomic E-state index is 13.3. The highest BCUT2D eigenvalue weighted by Gasteiger charge is 2.28. The Morgan fingerprint density at radius 2 is 1.79 bits per heavy atom. The minimum atomic E-state index is -0.841. The molecule has 0 aliphatic carbocycles. The number of carbonyl (C=O) groups is 3.